The predicted molar refractivity (Wildman–Crippen MR) is 140 cm³/mol. The van der Waals surface area contributed by atoms with Gasteiger partial charge in [0.1, 0.15) is 11.9 Å². The number of hydrogen-bond acceptors (Lipinski definition) is 5. The van der Waals surface area contributed by atoms with Crippen molar-refractivity contribution in [2.45, 2.75) is 57.9 Å². The smallest absolute Gasteiger partial charge is 0.416 e. The zero-order chi connectivity index (χ0) is 27.5. The molecule has 1 unspecified atom stereocenters. The zero-order valence-electron chi connectivity index (χ0n) is 21.6. The van der Waals surface area contributed by atoms with E-state index in [0.29, 0.717) is 30.6 Å². The Morgan fingerprint density at radius 2 is 1.79 bits per heavy atom. The summed E-state index contributed by atoms with van der Waals surface area (Å²) < 4.78 is 43.6. The van der Waals surface area contributed by atoms with E-state index in [4.69, 9.17) is 9.72 Å². The average molecular weight is 529 g/mol. The SMILES string of the molecule is CC(C)(C)NC(=O)OC1CCN(c2ccc3cc(NC(=O)CCc4ccc(C(F)(F)F)cc4)ccc3n2)C1. The second-order valence-corrected chi connectivity index (χ2v) is 10.5. The van der Waals surface area contributed by atoms with Crippen molar-refractivity contribution in [1.29, 1.82) is 0 Å². The first-order valence-electron chi connectivity index (χ1n) is 12.5. The Morgan fingerprint density at radius 3 is 2.47 bits per heavy atom. The largest absolute Gasteiger partial charge is 0.444 e. The van der Waals surface area contributed by atoms with E-state index >= 15 is 0 Å². The van der Waals surface area contributed by atoms with Crippen LogP contribution in [-0.4, -0.2) is 41.7 Å². The van der Waals surface area contributed by atoms with Crippen molar-refractivity contribution in [3.63, 3.8) is 0 Å². The van der Waals surface area contributed by atoms with Gasteiger partial charge in [-0.15, -0.1) is 0 Å². The van der Waals surface area contributed by atoms with Crippen molar-refractivity contribution in [3.05, 3.63) is 65.7 Å². The lowest BCUT2D eigenvalue weighted by atomic mass is 10.1. The second-order valence-electron chi connectivity index (χ2n) is 10.5. The van der Waals surface area contributed by atoms with Crippen LogP contribution in [-0.2, 0) is 22.1 Å². The highest BCUT2D eigenvalue weighted by molar-refractivity contribution is 5.94. The van der Waals surface area contributed by atoms with E-state index in [-0.39, 0.29) is 24.0 Å². The lowest BCUT2D eigenvalue weighted by Crippen LogP contribution is -2.42. The van der Waals surface area contributed by atoms with Crippen molar-refractivity contribution in [2.24, 2.45) is 0 Å². The number of carbonyl (C=O) groups is 2. The fourth-order valence-electron chi connectivity index (χ4n) is 4.23. The van der Waals surface area contributed by atoms with Crippen molar-refractivity contribution in [2.75, 3.05) is 23.3 Å². The number of alkyl carbamates (subject to hydrolysis) is 1. The molecule has 1 saturated heterocycles. The molecular weight excluding hydrogens is 497 g/mol. The highest BCUT2D eigenvalue weighted by atomic mass is 19.4. The maximum absolute atomic E-state index is 12.7. The van der Waals surface area contributed by atoms with Crippen molar-refractivity contribution < 1.29 is 27.5 Å². The van der Waals surface area contributed by atoms with Gasteiger partial charge in [0.2, 0.25) is 5.91 Å². The van der Waals surface area contributed by atoms with Crippen LogP contribution in [0.25, 0.3) is 10.9 Å². The van der Waals surface area contributed by atoms with Gasteiger partial charge in [0.05, 0.1) is 17.6 Å². The maximum atomic E-state index is 12.7. The van der Waals surface area contributed by atoms with Crippen molar-refractivity contribution in [1.82, 2.24) is 10.3 Å². The number of benzene rings is 2. The summed E-state index contributed by atoms with van der Waals surface area (Å²) in [7, 11) is 0. The number of hydrogen-bond donors (Lipinski definition) is 2. The second kappa shape index (κ2) is 10.9. The summed E-state index contributed by atoms with van der Waals surface area (Å²) in [6, 6.07) is 14.1. The third kappa shape index (κ3) is 7.36. The van der Waals surface area contributed by atoms with Crippen LogP contribution in [0.1, 0.15) is 44.7 Å². The molecule has 0 radical (unpaired) electrons. The number of aromatic nitrogens is 1. The Kier molecular flexibility index (Phi) is 7.80. The first kappa shape index (κ1) is 27.2. The minimum Gasteiger partial charge on any atom is -0.444 e. The summed E-state index contributed by atoms with van der Waals surface area (Å²) >= 11 is 0. The Morgan fingerprint density at radius 1 is 1.05 bits per heavy atom. The first-order chi connectivity index (χ1) is 17.9. The summed E-state index contributed by atoms with van der Waals surface area (Å²) in [4.78, 5) is 31.3. The molecule has 1 aliphatic heterocycles. The van der Waals surface area contributed by atoms with Gasteiger partial charge in [-0.25, -0.2) is 9.78 Å². The van der Waals surface area contributed by atoms with E-state index in [0.717, 1.165) is 35.4 Å². The molecule has 1 aromatic heterocycles. The molecule has 7 nitrogen and oxygen atoms in total. The fraction of sp³-hybridized carbons (Fsp3) is 0.393. The highest BCUT2D eigenvalue weighted by Crippen LogP contribution is 2.29. The molecule has 1 fully saturated rings. The molecule has 202 valence electrons. The van der Waals surface area contributed by atoms with Gasteiger partial charge in [-0.05, 0) is 75.2 Å². The van der Waals surface area contributed by atoms with Gasteiger partial charge in [0, 0.05) is 36.0 Å². The number of ether oxygens (including phenoxy) is 1. The molecule has 0 saturated carbocycles. The van der Waals surface area contributed by atoms with E-state index in [1.807, 2.05) is 45.0 Å². The van der Waals surface area contributed by atoms with Crippen molar-refractivity contribution in [3.8, 4) is 0 Å². The standard InChI is InChI=1S/C28H31F3N4O3/c1-27(2,3)34-26(37)38-22-14-15-35(17-22)24-12-7-19-16-21(10-11-23(19)33-24)32-25(36)13-6-18-4-8-20(9-5-18)28(29,30)31/h4-5,7-12,16,22H,6,13-15,17H2,1-3H3,(H,32,36)(H,34,37). The van der Waals surface area contributed by atoms with Gasteiger partial charge in [-0.1, -0.05) is 12.1 Å². The Labute approximate surface area is 219 Å². The molecule has 2 heterocycles. The lowest BCUT2D eigenvalue weighted by molar-refractivity contribution is -0.137. The number of amides is 2. The van der Waals surface area contributed by atoms with Gasteiger partial charge in [-0.2, -0.15) is 13.2 Å². The number of carbonyl (C=O) groups excluding carboxylic acids is 2. The number of nitrogens with zero attached hydrogens (tertiary/aromatic N) is 2. The number of anilines is 2. The number of rotatable bonds is 6. The number of alkyl halides is 3. The fourth-order valence-corrected chi connectivity index (χ4v) is 4.23. The summed E-state index contributed by atoms with van der Waals surface area (Å²) in [5.74, 6) is 0.556. The quantitative estimate of drug-likeness (QED) is 0.415. The number of fused-ring (bicyclic) bond motifs is 1. The molecule has 2 N–H and O–H groups in total. The van der Waals surface area contributed by atoms with Crippen LogP contribution < -0.4 is 15.5 Å². The van der Waals surface area contributed by atoms with Crippen LogP contribution in [0.4, 0.5) is 29.5 Å². The van der Waals surface area contributed by atoms with E-state index in [9.17, 15) is 22.8 Å². The molecule has 10 heteroatoms. The van der Waals surface area contributed by atoms with E-state index in [1.54, 1.807) is 6.07 Å². The third-order valence-electron chi connectivity index (χ3n) is 6.10. The van der Waals surface area contributed by atoms with E-state index in [2.05, 4.69) is 15.5 Å². The number of aryl methyl sites for hydroxylation is 1. The third-order valence-corrected chi connectivity index (χ3v) is 6.10. The molecular formula is C28H31F3N4O3. The minimum absolute atomic E-state index is 0.145. The zero-order valence-corrected chi connectivity index (χ0v) is 21.6. The van der Waals surface area contributed by atoms with Gasteiger partial charge < -0.3 is 20.3 Å². The molecule has 38 heavy (non-hydrogen) atoms. The summed E-state index contributed by atoms with van der Waals surface area (Å²) in [6.07, 6.45) is -3.82. The maximum Gasteiger partial charge on any atom is 0.416 e. The summed E-state index contributed by atoms with van der Waals surface area (Å²) in [5, 5.41) is 6.49. The minimum atomic E-state index is -4.38. The molecule has 1 aliphatic rings. The van der Waals surface area contributed by atoms with E-state index in [1.165, 1.54) is 12.1 Å². The lowest BCUT2D eigenvalue weighted by Gasteiger charge is -2.22. The summed E-state index contributed by atoms with van der Waals surface area (Å²) in [6.45, 7) is 6.97. The molecule has 3 aromatic rings. The highest BCUT2D eigenvalue weighted by Gasteiger charge is 2.30. The normalized spacial score (nSPS) is 15.9. The van der Waals surface area contributed by atoms with Gasteiger partial charge in [0.15, 0.2) is 0 Å². The molecule has 1 atom stereocenters. The Bertz CT molecular complexity index is 1300. The molecule has 0 spiro atoms. The number of halogens is 3. The van der Waals surface area contributed by atoms with Crippen molar-refractivity contribution >= 4 is 34.4 Å². The van der Waals surface area contributed by atoms with Crippen LogP contribution in [0.15, 0.2) is 54.6 Å². The molecule has 4 rings (SSSR count). The van der Waals surface area contributed by atoms with Crippen LogP contribution in [0.2, 0.25) is 0 Å². The average Bonchev–Trinajstić information content (AvgIpc) is 3.29. The Balaban J connectivity index is 1.31. The van der Waals surface area contributed by atoms with E-state index < -0.39 is 17.8 Å². The molecule has 2 aromatic carbocycles. The molecule has 0 aliphatic carbocycles. The predicted octanol–water partition coefficient (Wildman–Crippen LogP) is 5.93. The van der Waals surface area contributed by atoms with Gasteiger partial charge in [-0.3, -0.25) is 4.79 Å². The van der Waals surface area contributed by atoms with Crippen LogP contribution in [0, 0.1) is 0 Å². The molecule has 2 amide bonds. The Hall–Kier alpha value is -3.82. The van der Waals surface area contributed by atoms with Crippen LogP contribution in [0.5, 0.6) is 0 Å². The van der Waals surface area contributed by atoms with Gasteiger partial charge >= 0.3 is 12.3 Å². The first-order valence-corrected chi connectivity index (χ1v) is 12.5. The van der Waals surface area contributed by atoms with Crippen LogP contribution >= 0.6 is 0 Å². The molecule has 0 bridgehead atoms. The van der Waals surface area contributed by atoms with Gasteiger partial charge in [0.25, 0.3) is 0 Å². The van der Waals surface area contributed by atoms with Crippen LogP contribution in [0.3, 0.4) is 0 Å². The topological polar surface area (TPSA) is 83.6 Å². The number of nitrogens with one attached hydrogen (secondary N) is 2. The monoisotopic (exact) mass is 528 g/mol. The summed E-state index contributed by atoms with van der Waals surface area (Å²) in [5.41, 5.74) is 0.969. The number of pyridine rings is 1.